The van der Waals surface area contributed by atoms with Gasteiger partial charge < -0.3 is 16.0 Å². The fourth-order valence-electron chi connectivity index (χ4n) is 2.16. The number of H-pyrrole nitrogens is 1. The molecule has 3 aromatic rings. The van der Waals surface area contributed by atoms with E-state index in [9.17, 15) is 4.79 Å². The second-order valence-electron chi connectivity index (χ2n) is 4.61. The molecule has 1 amide bonds. The van der Waals surface area contributed by atoms with Gasteiger partial charge in [-0.25, -0.2) is 0 Å². The zero-order chi connectivity index (χ0) is 14.1. The summed E-state index contributed by atoms with van der Waals surface area (Å²) in [6.45, 7) is 0.359. The highest BCUT2D eigenvalue weighted by molar-refractivity contribution is 6.06. The minimum atomic E-state index is -0.134. The molecule has 3 rings (SSSR count). The number of carbonyl (C=O) groups is 1. The second-order valence-corrected chi connectivity index (χ2v) is 4.61. The molecular weight excluding hydrogens is 254 g/mol. The number of nitrogens with one attached hydrogen (secondary N) is 2. The molecule has 6 nitrogen and oxygen atoms in total. The van der Waals surface area contributed by atoms with Crippen LogP contribution >= 0.6 is 0 Å². The Morgan fingerprint density at radius 1 is 1.45 bits per heavy atom. The Morgan fingerprint density at radius 2 is 2.25 bits per heavy atom. The van der Waals surface area contributed by atoms with Gasteiger partial charge in [0.15, 0.2) is 0 Å². The molecule has 0 bridgehead atoms. The molecule has 0 atom stereocenters. The van der Waals surface area contributed by atoms with E-state index in [0.29, 0.717) is 17.9 Å². The molecule has 0 unspecified atom stereocenters. The third-order valence-electron chi connectivity index (χ3n) is 3.34. The molecule has 0 aliphatic rings. The average molecular weight is 269 g/mol. The lowest BCUT2D eigenvalue weighted by molar-refractivity contribution is 0.0952. The van der Waals surface area contributed by atoms with Crippen molar-refractivity contribution in [1.82, 2.24) is 20.1 Å². The lowest BCUT2D eigenvalue weighted by Gasteiger charge is -2.04. The molecule has 2 heterocycles. The van der Waals surface area contributed by atoms with Gasteiger partial charge >= 0.3 is 0 Å². The van der Waals surface area contributed by atoms with Crippen molar-refractivity contribution in [3.8, 4) is 0 Å². The number of aryl methyl sites for hydroxylation is 1. The van der Waals surface area contributed by atoms with Gasteiger partial charge in [0.05, 0.1) is 11.8 Å². The van der Waals surface area contributed by atoms with Gasteiger partial charge in [0.1, 0.15) is 5.82 Å². The number of rotatable bonds is 3. The van der Waals surface area contributed by atoms with E-state index in [0.717, 1.165) is 16.5 Å². The molecule has 0 spiro atoms. The molecule has 1 aromatic carbocycles. The van der Waals surface area contributed by atoms with Crippen molar-refractivity contribution < 1.29 is 4.79 Å². The first-order valence-corrected chi connectivity index (χ1v) is 6.27. The van der Waals surface area contributed by atoms with E-state index in [1.54, 1.807) is 24.1 Å². The Balaban J connectivity index is 1.78. The number of aromatic amines is 1. The fraction of sp³-hybridized carbons (Fsp3) is 0.143. The number of fused-ring (bicyclic) bond motifs is 1. The van der Waals surface area contributed by atoms with Crippen LogP contribution in [0.4, 0.5) is 5.82 Å². The lowest BCUT2D eigenvalue weighted by Crippen LogP contribution is -2.22. The minimum absolute atomic E-state index is 0.134. The summed E-state index contributed by atoms with van der Waals surface area (Å²) in [6.07, 6.45) is 3.37. The van der Waals surface area contributed by atoms with E-state index in [1.807, 2.05) is 24.3 Å². The van der Waals surface area contributed by atoms with Crippen LogP contribution in [0.15, 0.2) is 36.7 Å². The number of benzene rings is 1. The highest BCUT2D eigenvalue weighted by Crippen LogP contribution is 2.17. The van der Waals surface area contributed by atoms with E-state index in [-0.39, 0.29) is 5.91 Å². The number of hydrogen-bond acceptors (Lipinski definition) is 3. The van der Waals surface area contributed by atoms with Gasteiger partial charge in [-0.2, -0.15) is 5.10 Å². The smallest absolute Gasteiger partial charge is 0.253 e. The summed E-state index contributed by atoms with van der Waals surface area (Å²) in [5, 5.41) is 7.80. The first-order valence-electron chi connectivity index (χ1n) is 6.27. The molecule has 0 fully saturated rings. The number of nitrogens with zero attached hydrogens (tertiary/aromatic N) is 2. The van der Waals surface area contributed by atoms with Crippen molar-refractivity contribution in [3.05, 3.63) is 47.8 Å². The number of carbonyl (C=O) groups excluding carboxylic acids is 1. The Labute approximate surface area is 115 Å². The van der Waals surface area contributed by atoms with Crippen molar-refractivity contribution in [2.75, 3.05) is 5.73 Å². The Kier molecular flexibility index (Phi) is 2.90. The van der Waals surface area contributed by atoms with Gasteiger partial charge in [0.25, 0.3) is 5.91 Å². The summed E-state index contributed by atoms with van der Waals surface area (Å²) in [6, 6.07) is 7.69. The predicted molar refractivity (Wildman–Crippen MR) is 77.1 cm³/mol. The highest BCUT2D eigenvalue weighted by Gasteiger charge is 2.12. The van der Waals surface area contributed by atoms with Gasteiger partial charge in [-0.3, -0.25) is 9.48 Å². The summed E-state index contributed by atoms with van der Waals surface area (Å²) >= 11 is 0. The maximum absolute atomic E-state index is 12.2. The summed E-state index contributed by atoms with van der Waals surface area (Å²) in [7, 11) is 1.76. The van der Waals surface area contributed by atoms with Crippen LogP contribution in [0, 0.1) is 0 Å². The number of nitrogens with two attached hydrogens (primary N) is 1. The third-order valence-corrected chi connectivity index (χ3v) is 3.34. The standard InChI is InChI=1S/C14H15N5O/c1-19-13(15)9(7-18-19)6-17-14(20)11-8-16-12-5-3-2-4-10(11)12/h2-5,7-8,16H,6,15H2,1H3,(H,17,20). The van der Waals surface area contributed by atoms with Crippen molar-refractivity contribution in [2.45, 2.75) is 6.54 Å². The maximum Gasteiger partial charge on any atom is 0.253 e. The van der Waals surface area contributed by atoms with Crippen LogP contribution in [0.3, 0.4) is 0 Å². The normalized spacial score (nSPS) is 10.8. The number of hydrogen-bond donors (Lipinski definition) is 3. The minimum Gasteiger partial charge on any atom is -0.384 e. The molecule has 6 heteroatoms. The quantitative estimate of drug-likeness (QED) is 0.671. The Morgan fingerprint density at radius 3 is 3.00 bits per heavy atom. The van der Waals surface area contributed by atoms with Crippen LogP contribution in [-0.4, -0.2) is 20.7 Å². The molecule has 0 saturated carbocycles. The number of para-hydroxylation sites is 1. The van der Waals surface area contributed by atoms with Gasteiger partial charge in [0, 0.05) is 36.3 Å². The van der Waals surface area contributed by atoms with E-state index in [2.05, 4.69) is 15.4 Å². The van der Waals surface area contributed by atoms with Crippen molar-refractivity contribution in [2.24, 2.45) is 7.05 Å². The van der Waals surface area contributed by atoms with Gasteiger partial charge in [-0.15, -0.1) is 0 Å². The highest BCUT2D eigenvalue weighted by atomic mass is 16.1. The zero-order valence-electron chi connectivity index (χ0n) is 11.1. The van der Waals surface area contributed by atoms with Crippen molar-refractivity contribution in [3.63, 3.8) is 0 Å². The van der Waals surface area contributed by atoms with E-state index in [4.69, 9.17) is 5.73 Å². The predicted octanol–water partition coefficient (Wildman–Crippen LogP) is 1.41. The summed E-state index contributed by atoms with van der Waals surface area (Å²) in [5.74, 6) is 0.426. The van der Waals surface area contributed by atoms with Crippen LogP contribution in [-0.2, 0) is 13.6 Å². The van der Waals surface area contributed by atoms with Crippen LogP contribution in [0.25, 0.3) is 10.9 Å². The van der Waals surface area contributed by atoms with Crippen LogP contribution < -0.4 is 11.1 Å². The average Bonchev–Trinajstić information content (AvgIpc) is 3.02. The Bertz CT molecular complexity index is 771. The number of aromatic nitrogens is 3. The van der Waals surface area contributed by atoms with Crippen molar-refractivity contribution >= 4 is 22.6 Å². The number of anilines is 1. The molecule has 0 aliphatic carbocycles. The molecule has 4 N–H and O–H groups in total. The lowest BCUT2D eigenvalue weighted by atomic mass is 10.1. The topological polar surface area (TPSA) is 88.7 Å². The van der Waals surface area contributed by atoms with Crippen LogP contribution in [0.1, 0.15) is 15.9 Å². The molecule has 0 radical (unpaired) electrons. The largest absolute Gasteiger partial charge is 0.384 e. The van der Waals surface area contributed by atoms with E-state index in [1.165, 1.54) is 0 Å². The summed E-state index contributed by atoms with van der Waals surface area (Å²) < 4.78 is 1.58. The SMILES string of the molecule is Cn1ncc(CNC(=O)c2c[nH]c3ccccc23)c1N. The first kappa shape index (κ1) is 12.3. The van der Waals surface area contributed by atoms with E-state index < -0.39 is 0 Å². The maximum atomic E-state index is 12.2. The third kappa shape index (κ3) is 2.01. The van der Waals surface area contributed by atoms with E-state index >= 15 is 0 Å². The van der Waals surface area contributed by atoms with Crippen molar-refractivity contribution in [1.29, 1.82) is 0 Å². The summed E-state index contributed by atoms with van der Waals surface area (Å²) in [4.78, 5) is 15.3. The molecule has 0 saturated heterocycles. The monoisotopic (exact) mass is 269 g/mol. The molecule has 102 valence electrons. The summed E-state index contributed by atoms with van der Waals surface area (Å²) in [5.41, 5.74) is 8.22. The van der Waals surface area contributed by atoms with Crippen LogP contribution in [0.5, 0.6) is 0 Å². The van der Waals surface area contributed by atoms with Gasteiger partial charge in [-0.1, -0.05) is 18.2 Å². The fourth-order valence-corrected chi connectivity index (χ4v) is 2.16. The molecule has 20 heavy (non-hydrogen) atoms. The Hall–Kier alpha value is -2.76. The number of nitrogen functional groups attached to an aromatic ring is 1. The first-order chi connectivity index (χ1) is 9.66. The van der Waals surface area contributed by atoms with Gasteiger partial charge in [0.2, 0.25) is 0 Å². The van der Waals surface area contributed by atoms with Gasteiger partial charge in [-0.05, 0) is 6.07 Å². The van der Waals surface area contributed by atoms with Crippen LogP contribution in [0.2, 0.25) is 0 Å². The molecule has 2 aromatic heterocycles. The molecule has 0 aliphatic heterocycles. The second kappa shape index (κ2) is 4.73. The zero-order valence-corrected chi connectivity index (χ0v) is 11.1. The molecular formula is C14H15N5O. The number of amides is 1.